The van der Waals surface area contributed by atoms with Gasteiger partial charge in [-0.15, -0.1) is 0 Å². The van der Waals surface area contributed by atoms with Gasteiger partial charge in [-0.25, -0.2) is 0 Å². The highest BCUT2D eigenvalue weighted by Crippen LogP contribution is 2.50. The number of hydrogen-bond acceptors (Lipinski definition) is 8. The fraction of sp³-hybridized carbons (Fsp3) is 0.389. The number of aliphatic hydroxyl groups excluding tert-OH is 3. The van der Waals surface area contributed by atoms with Crippen LogP contribution in [-0.4, -0.2) is 49.5 Å². The minimum absolute atomic E-state index is 0.0416. The normalized spacial score (nSPS) is 33.7. The second-order valence-electron chi connectivity index (χ2n) is 7.03. The maximum atomic E-state index is 12.8. The Morgan fingerprint density at radius 3 is 2.19 bits per heavy atom. The maximum Gasteiger partial charge on any atom is 0.176 e. The molecule has 4 rings (SSSR count). The number of thiophene rings is 1. The summed E-state index contributed by atoms with van der Waals surface area (Å²) in [6, 6.07) is 0. The molecule has 4 N–H and O–H groups in total. The standard InChI is InChI=1S/C18H16O7S/c1-6(19)18(25)2-7-11(10(20)3-18)17(24)13-12(14(7)21)15(22)8-4-26-5-9(8)16(13)23/h4-5,10,12-13,20-21,24-25H,2-3H2,1H3. The zero-order valence-electron chi connectivity index (χ0n) is 13.7. The van der Waals surface area contributed by atoms with Crippen molar-refractivity contribution < 1.29 is 34.8 Å². The fourth-order valence-corrected chi connectivity index (χ4v) is 4.97. The van der Waals surface area contributed by atoms with E-state index in [1.165, 1.54) is 22.1 Å². The van der Waals surface area contributed by atoms with Crippen molar-refractivity contribution in [3.8, 4) is 0 Å². The molecule has 1 fully saturated rings. The van der Waals surface area contributed by atoms with Gasteiger partial charge in [-0.3, -0.25) is 14.4 Å². The Labute approximate surface area is 151 Å². The van der Waals surface area contributed by atoms with E-state index in [2.05, 4.69) is 0 Å². The quantitative estimate of drug-likeness (QED) is 0.583. The molecule has 0 spiro atoms. The van der Waals surface area contributed by atoms with E-state index >= 15 is 0 Å². The SMILES string of the molecule is CC(=O)C1(O)CC2=C(O)C3C(=O)c4cscc4C(=O)C3C(O)=C2C(O)C1. The van der Waals surface area contributed by atoms with Gasteiger partial charge in [0, 0.05) is 45.9 Å². The van der Waals surface area contributed by atoms with Gasteiger partial charge < -0.3 is 20.4 Å². The molecule has 0 saturated heterocycles. The molecule has 4 atom stereocenters. The Balaban J connectivity index is 1.92. The summed E-state index contributed by atoms with van der Waals surface area (Å²) in [5, 5.41) is 45.3. The molecule has 3 aliphatic carbocycles. The first-order valence-electron chi connectivity index (χ1n) is 8.09. The number of aliphatic hydroxyl groups is 4. The largest absolute Gasteiger partial charge is 0.511 e. The number of allylic oxidation sites excluding steroid dienone is 2. The van der Waals surface area contributed by atoms with Crippen LogP contribution in [0.3, 0.4) is 0 Å². The van der Waals surface area contributed by atoms with E-state index in [4.69, 9.17) is 0 Å². The molecule has 3 aliphatic rings. The highest BCUT2D eigenvalue weighted by Gasteiger charge is 2.54. The molecule has 4 unspecified atom stereocenters. The van der Waals surface area contributed by atoms with Crippen molar-refractivity contribution in [2.45, 2.75) is 31.5 Å². The van der Waals surface area contributed by atoms with Gasteiger partial charge in [-0.2, -0.15) is 11.3 Å². The third-order valence-corrected chi connectivity index (χ3v) is 6.32. The van der Waals surface area contributed by atoms with Crippen molar-refractivity contribution in [2.24, 2.45) is 11.8 Å². The zero-order chi connectivity index (χ0) is 19.0. The molecule has 0 aliphatic heterocycles. The minimum atomic E-state index is -1.91. The predicted octanol–water partition coefficient (Wildman–Crippen LogP) is 1.47. The summed E-state index contributed by atoms with van der Waals surface area (Å²) in [5.74, 6) is -5.17. The summed E-state index contributed by atoms with van der Waals surface area (Å²) in [4.78, 5) is 37.4. The number of Topliss-reactive ketones (excluding diaryl/α,β-unsaturated/α-hetero) is 3. The summed E-state index contributed by atoms with van der Waals surface area (Å²) in [5.41, 5.74) is -1.65. The topological polar surface area (TPSA) is 132 Å². The lowest BCUT2D eigenvalue weighted by Gasteiger charge is -2.42. The van der Waals surface area contributed by atoms with Gasteiger partial charge in [0.15, 0.2) is 17.3 Å². The van der Waals surface area contributed by atoms with E-state index < -0.39 is 52.4 Å². The molecule has 136 valence electrons. The Morgan fingerprint density at radius 1 is 1.12 bits per heavy atom. The van der Waals surface area contributed by atoms with Crippen molar-refractivity contribution in [3.63, 3.8) is 0 Å². The van der Waals surface area contributed by atoms with Crippen LogP contribution in [0.5, 0.6) is 0 Å². The highest BCUT2D eigenvalue weighted by molar-refractivity contribution is 7.08. The Kier molecular flexibility index (Phi) is 3.53. The second kappa shape index (κ2) is 5.35. The molecule has 1 aromatic heterocycles. The molecule has 26 heavy (non-hydrogen) atoms. The van der Waals surface area contributed by atoms with Gasteiger partial charge in [0.2, 0.25) is 0 Å². The van der Waals surface area contributed by atoms with Crippen molar-refractivity contribution >= 4 is 28.7 Å². The molecule has 0 amide bonds. The Hall–Kier alpha value is -2.29. The lowest BCUT2D eigenvalue weighted by atomic mass is 9.64. The number of carbonyl (C=O) groups is 3. The van der Waals surface area contributed by atoms with Gasteiger partial charge in [-0.05, 0) is 6.92 Å². The van der Waals surface area contributed by atoms with E-state index in [1.54, 1.807) is 0 Å². The van der Waals surface area contributed by atoms with E-state index in [9.17, 15) is 34.8 Å². The number of hydrogen-bond donors (Lipinski definition) is 4. The molecule has 7 nitrogen and oxygen atoms in total. The molecule has 8 heteroatoms. The van der Waals surface area contributed by atoms with Gasteiger partial charge in [0.05, 0.1) is 17.9 Å². The van der Waals surface area contributed by atoms with Crippen molar-refractivity contribution in [1.82, 2.24) is 0 Å². The zero-order valence-corrected chi connectivity index (χ0v) is 14.5. The van der Waals surface area contributed by atoms with E-state index in [0.717, 1.165) is 6.92 Å². The number of rotatable bonds is 1. The van der Waals surface area contributed by atoms with Crippen LogP contribution in [0.1, 0.15) is 40.5 Å². The van der Waals surface area contributed by atoms with E-state index in [1.807, 2.05) is 0 Å². The number of carbonyl (C=O) groups excluding carboxylic acids is 3. The molecule has 0 bridgehead atoms. The summed E-state index contributed by atoms with van der Waals surface area (Å²) in [6.45, 7) is 1.16. The fourth-order valence-electron chi connectivity index (χ4n) is 4.14. The van der Waals surface area contributed by atoms with E-state index in [-0.39, 0.29) is 35.1 Å². The third kappa shape index (κ3) is 2.03. The summed E-state index contributed by atoms with van der Waals surface area (Å²) in [6.07, 6.45) is -2.14. The Bertz CT molecular complexity index is 937. The van der Waals surface area contributed by atoms with Crippen LogP contribution in [0.25, 0.3) is 0 Å². The van der Waals surface area contributed by atoms with Crippen molar-refractivity contribution in [3.05, 3.63) is 44.6 Å². The molecule has 1 heterocycles. The molecule has 0 aromatic carbocycles. The highest BCUT2D eigenvalue weighted by atomic mass is 32.1. The van der Waals surface area contributed by atoms with Crippen LogP contribution in [-0.2, 0) is 4.79 Å². The molecular weight excluding hydrogens is 360 g/mol. The smallest absolute Gasteiger partial charge is 0.176 e. The predicted molar refractivity (Wildman–Crippen MR) is 90.1 cm³/mol. The van der Waals surface area contributed by atoms with Gasteiger partial charge >= 0.3 is 0 Å². The first-order chi connectivity index (χ1) is 12.2. The van der Waals surface area contributed by atoms with Crippen LogP contribution >= 0.6 is 11.3 Å². The molecule has 1 saturated carbocycles. The summed E-state index contributed by atoms with van der Waals surface area (Å²) >= 11 is 1.17. The van der Waals surface area contributed by atoms with Crippen LogP contribution in [0.15, 0.2) is 33.4 Å². The van der Waals surface area contributed by atoms with Crippen LogP contribution < -0.4 is 0 Å². The average Bonchev–Trinajstić information content (AvgIpc) is 3.05. The molecule has 1 aromatic rings. The van der Waals surface area contributed by atoms with Crippen LogP contribution in [0.2, 0.25) is 0 Å². The second-order valence-corrected chi connectivity index (χ2v) is 7.77. The van der Waals surface area contributed by atoms with Crippen LogP contribution in [0.4, 0.5) is 0 Å². The van der Waals surface area contributed by atoms with Crippen molar-refractivity contribution in [1.29, 1.82) is 0 Å². The maximum absolute atomic E-state index is 12.8. The lowest BCUT2D eigenvalue weighted by molar-refractivity contribution is -0.139. The molecular formula is C18H16O7S. The minimum Gasteiger partial charge on any atom is -0.511 e. The van der Waals surface area contributed by atoms with Crippen LogP contribution in [0, 0.1) is 11.8 Å². The van der Waals surface area contributed by atoms with E-state index in [0.29, 0.717) is 0 Å². The monoisotopic (exact) mass is 376 g/mol. The van der Waals surface area contributed by atoms with Crippen molar-refractivity contribution in [2.75, 3.05) is 0 Å². The first-order valence-corrected chi connectivity index (χ1v) is 9.03. The van der Waals surface area contributed by atoms with Gasteiger partial charge in [-0.1, -0.05) is 0 Å². The lowest BCUT2D eigenvalue weighted by Crippen LogP contribution is -2.49. The summed E-state index contributed by atoms with van der Waals surface area (Å²) < 4.78 is 0. The van der Waals surface area contributed by atoms with Gasteiger partial charge in [0.1, 0.15) is 17.1 Å². The average molecular weight is 376 g/mol. The van der Waals surface area contributed by atoms with Gasteiger partial charge in [0.25, 0.3) is 0 Å². The first kappa shape index (κ1) is 17.1. The number of ketones is 3. The molecule has 0 radical (unpaired) electrons. The summed E-state index contributed by atoms with van der Waals surface area (Å²) in [7, 11) is 0. The third-order valence-electron chi connectivity index (χ3n) is 5.58. The Morgan fingerprint density at radius 2 is 1.65 bits per heavy atom. The number of fused-ring (bicyclic) bond motifs is 3.